The Labute approximate surface area is 89.7 Å². The molecule has 0 radical (unpaired) electrons. The predicted octanol–water partition coefficient (Wildman–Crippen LogP) is 0.616. The number of nitrogen functional groups attached to an aromatic ring is 1. The van der Waals surface area contributed by atoms with Crippen LogP contribution in [0, 0.1) is 0 Å². The van der Waals surface area contributed by atoms with Crippen molar-refractivity contribution in [2.24, 2.45) is 0 Å². The van der Waals surface area contributed by atoms with Crippen molar-refractivity contribution in [3.05, 3.63) is 6.33 Å². The van der Waals surface area contributed by atoms with E-state index in [0.29, 0.717) is 16.4 Å². The molecule has 0 fully saturated rings. The van der Waals surface area contributed by atoms with E-state index in [1.807, 2.05) is 0 Å². The Morgan fingerprint density at radius 2 is 2.40 bits per heavy atom. The standard InChI is InChI=1S/C8H9N5OS/c1-4(14)2-15-7-5-6(11-3-10-5)12-8(9)13-7/h3H,2H2,1H3,(H3,9,10,11,12,13). The van der Waals surface area contributed by atoms with E-state index in [1.54, 1.807) is 0 Å². The van der Waals surface area contributed by atoms with Crippen molar-refractivity contribution in [3.8, 4) is 0 Å². The molecule has 0 unspecified atom stereocenters. The molecule has 0 saturated carbocycles. The fraction of sp³-hybridized carbons (Fsp3) is 0.250. The zero-order valence-electron chi connectivity index (χ0n) is 8.02. The van der Waals surface area contributed by atoms with Crippen molar-refractivity contribution in [2.45, 2.75) is 11.9 Å². The number of nitrogens with one attached hydrogen (secondary N) is 1. The maximum absolute atomic E-state index is 10.9. The number of thioether (sulfide) groups is 1. The number of hydrogen-bond acceptors (Lipinski definition) is 6. The molecule has 2 aromatic rings. The van der Waals surface area contributed by atoms with Crippen LogP contribution in [0.15, 0.2) is 11.4 Å². The number of anilines is 1. The molecule has 15 heavy (non-hydrogen) atoms. The first-order valence-corrected chi connectivity index (χ1v) is 5.24. The Bertz CT molecular complexity index is 509. The summed E-state index contributed by atoms with van der Waals surface area (Å²) in [6.45, 7) is 1.53. The minimum absolute atomic E-state index is 0.0878. The number of imidazole rings is 1. The Kier molecular flexibility index (Phi) is 2.55. The molecule has 0 aromatic carbocycles. The number of aromatic nitrogens is 4. The molecule has 0 spiro atoms. The van der Waals surface area contributed by atoms with Gasteiger partial charge in [0.05, 0.1) is 12.1 Å². The van der Waals surface area contributed by atoms with Crippen LogP contribution in [0.1, 0.15) is 6.92 Å². The quantitative estimate of drug-likeness (QED) is 0.584. The van der Waals surface area contributed by atoms with Crippen molar-refractivity contribution in [2.75, 3.05) is 11.5 Å². The maximum Gasteiger partial charge on any atom is 0.223 e. The maximum atomic E-state index is 10.9. The number of nitrogens with zero attached hydrogens (tertiary/aromatic N) is 3. The summed E-state index contributed by atoms with van der Waals surface area (Å²) in [6.07, 6.45) is 1.52. The van der Waals surface area contributed by atoms with Crippen LogP contribution in [0.5, 0.6) is 0 Å². The summed E-state index contributed by atoms with van der Waals surface area (Å²) in [7, 11) is 0. The van der Waals surface area contributed by atoms with Gasteiger partial charge in [0.15, 0.2) is 5.65 Å². The van der Waals surface area contributed by atoms with E-state index >= 15 is 0 Å². The third-order valence-electron chi connectivity index (χ3n) is 1.68. The van der Waals surface area contributed by atoms with Gasteiger partial charge < -0.3 is 10.7 Å². The predicted molar refractivity (Wildman–Crippen MR) is 57.5 cm³/mol. The van der Waals surface area contributed by atoms with Crippen LogP contribution in [0.25, 0.3) is 11.2 Å². The highest BCUT2D eigenvalue weighted by molar-refractivity contribution is 8.00. The van der Waals surface area contributed by atoms with E-state index in [1.165, 1.54) is 25.0 Å². The number of fused-ring (bicyclic) bond motifs is 1. The number of nitrogens with two attached hydrogens (primary N) is 1. The number of rotatable bonds is 3. The lowest BCUT2D eigenvalue weighted by Gasteiger charge is -2.00. The molecular weight excluding hydrogens is 214 g/mol. The van der Waals surface area contributed by atoms with Crippen molar-refractivity contribution < 1.29 is 4.79 Å². The van der Waals surface area contributed by atoms with Gasteiger partial charge in [-0.25, -0.2) is 9.97 Å². The first-order chi connectivity index (χ1) is 7.16. The minimum Gasteiger partial charge on any atom is -0.368 e. The lowest BCUT2D eigenvalue weighted by Crippen LogP contribution is -1.99. The monoisotopic (exact) mass is 223 g/mol. The summed E-state index contributed by atoms with van der Waals surface area (Å²) in [5.74, 6) is 0.621. The summed E-state index contributed by atoms with van der Waals surface area (Å²) in [5.41, 5.74) is 6.76. The summed E-state index contributed by atoms with van der Waals surface area (Å²) in [5, 5.41) is 0.658. The molecule has 0 saturated heterocycles. The summed E-state index contributed by atoms with van der Waals surface area (Å²) >= 11 is 1.32. The van der Waals surface area contributed by atoms with Gasteiger partial charge in [0.25, 0.3) is 0 Å². The fourth-order valence-electron chi connectivity index (χ4n) is 1.10. The van der Waals surface area contributed by atoms with Crippen molar-refractivity contribution in [1.29, 1.82) is 0 Å². The average Bonchev–Trinajstić information content (AvgIpc) is 2.61. The Hall–Kier alpha value is -1.63. The van der Waals surface area contributed by atoms with Gasteiger partial charge in [-0.3, -0.25) is 4.79 Å². The molecule has 0 aliphatic heterocycles. The van der Waals surface area contributed by atoms with Crippen LogP contribution in [0.3, 0.4) is 0 Å². The molecule has 6 nitrogen and oxygen atoms in total. The lowest BCUT2D eigenvalue weighted by molar-refractivity contribution is -0.114. The van der Waals surface area contributed by atoms with Gasteiger partial charge in [0.2, 0.25) is 5.95 Å². The van der Waals surface area contributed by atoms with Gasteiger partial charge in [-0.2, -0.15) is 4.98 Å². The van der Waals surface area contributed by atoms with Gasteiger partial charge in [0, 0.05) is 0 Å². The molecule has 0 aliphatic carbocycles. The highest BCUT2D eigenvalue weighted by Crippen LogP contribution is 2.23. The third kappa shape index (κ3) is 2.07. The first kappa shape index (κ1) is 9.91. The van der Waals surface area contributed by atoms with Gasteiger partial charge in [-0.1, -0.05) is 11.8 Å². The molecule has 3 N–H and O–H groups in total. The van der Waals surface area contributed by atoms with Crippen LogP contribution >= 0.6 is 11.8 Å². The normalized spacial score (nSPS) is 10.7. The zero-order valence-corrected chi connectivity index (χ0v) is 8.84. The lowest BCUT2D eigenvalue weighted by atomic mass is 10.5. The van der Waals surface area contributed by atoms with Crippen LogP contribution in [0.4, 0.5) is 5.95 Å². The van der Waals surface area contributed by atoms with Crippen LogP contribution in [0.2, 0.25) is 0 Å². The first-order valence-electron chi connectivity index (χ1n) is 4.25. The molecule has 0 amide bonds. The van der Waals surface area contributed by atoms with Gasteiger partial charge in [0.1, 0.15) is 16.3 Å². The molecule has 7 heteroatoms. The molecule has 2 aromatic heterocycles. The largest absolute Gasteiger partial charge is 0.368 e. The molecular formula is C8H9N5OS. The smallest absolute Gasteiger partial charge is 0.223 e. The van der Waals surface area contributed by atoms with Crippen molar-refractivity contribution in [3.63, 3.8) is 0 Å². The van der Waals surface area contributed by atoms with E-state index in [4.69, 9.17) is 5.73 Å². The highest BCUT2D eigenvalue weighted by atomic mass is 32.2. The second kappa shape index (κ2) is 3.85. The van der Waals surface area contributed by atoms with Crippen LogP contribution in [-0.4, -0.2) is 31.5 Å². The van der Waals surface area contributed by atoms with Crippen molar-refractivity contribution >= 4 is 34.7 Å². The van der Waals surface area contributed by atoms with E-state index in [0.717, 1.165) is 5.52 Å². The SMILES string of the molecule is CC(=O)CSc1nc(N)nc2nc[nH]c12. The highest BCUT2D eigenvalue weighted by Gasteiger charge is 2.09. The molecule has 2 rings (SSSR count). The minimum atomic E-state index is 0.0878. The van der Waals surface area contributed by atoms with Crippen LogP contribution in [-0.2, 0) is 4.79 Å². The topological polar surface area (TPSA) is 97.6 Å². The summed E-state index contributed by atoms with van der Waals surface area (Å²) < 4.78 is 0. The number of H-pyrrole nitrogens is 1. The van der Waals surface area contributed by atoms with Gasteiger partial charge in [-0.15, -0.1) is 0 Å². The number of Topliss-reactive ketones (excluding diaryl/α,β-unsaturated/α-hetero) is 1. The van der Waals surface area contributed by atoms with Crippen LogP contribution < -0.4 is 5.73 Å². The molecule has 0 bridgehead atoms. The average molecular weight is 223 g/mol. The third-order valence-corrected chi connectivity index (χ3v) is 2.80. The molecule has 78 valence electrons. The van der Waals surface area contributed by atoms with E-state index in [2.05, 4.69) is 19.9 Å². The van der Waals surface area contributed by atoms with E-state index < -0.39 is 0 Å². The number of ketones is 1. The number of hydrogen-bond donors (Lipinski definition) is 2. The summed E-state index contributed by atoms with van der Waals surface area (Å²) in [6, 6.07) is 0. The Morgan fingerprint density at radius 1 is 1.60 bits per heavy atom. The number of aromatic amines is 1. The van der Waals surface area contributed by atoms with Gasteiger partial charge >= 0.3 is 0 Å². The van der Waals surface area contributed by atoms with Crippen molar-refractivity contribution in [1.82, 2.24) is 19.9 Å². The molecule has 2 heterocycles. The van der Waals surface area contributed by atoms with E-state index in [9.17, 15) is 4.79 Å². The number of carbonyl (C=O) groups is 1. The molecule has 0 aliphatic rings. The zero-order chi connectivity index (χ0) is 10.8. The second-order valence-electron chi connectivity index (χ2n) is 2.98. The second-order valence-corrected chi connectivity index (χ2v) is 3.94. The molecule has 0 atom stereocenters. The Balaban J connectivity index is 2.39. The fourth-order valence-corrected chi connectivity index (χ4v) is 1.89. The Morgan fingerprint density at radius 3 is 3.13 bits per heavy atom. The van der Waals surface area contributed by atoms with Gasteiger partial charge in [-0.05, 0) is 6.92 Å². The van der Waals surface area contributed by atoms with E-state index in [-0.39, 0.29) is 11.7 Å². The number of carbonyl (C=O) groups excluding carboxylic acids is 1. The summed E-state index contributed by atoms with van der Waals surface area (Å²) in [4.78, 5) is 25.8.